The Labute approximate surface area is 98.3 Å². The maximum absolute atomic E-state index is 11.6. The SMILES string of the molecule is NC(CO)C(=O)Nc1cccc2cnccc12. The molecule has 0 fully saturated rings. The van der Waals surface area contributed by atoms with Crippen molar-refractivity contribution in [2.45, 2.75) is 6.04 Å². The van der Waals surface area contributed by atoms with Gasteiger partial charge >= 0.3 is 0 Å². The molecular weight excluding hydrogens is 218 g/mol. The van der Waals surface area contributed by atoms with Gasteiger partial charge < -0.3 is 16.2 Å². The third kappa shape index (κ3) is 2.41. The predicted molar refractivity (Wildman–Crippen MR) is 65.4 cm³/mol. The number of carbonyl (C=O) groups is 1. The van der Waals surface area contributed by atoms with Gasteiger partial charge in [-0.1, -0.05) is 12.1 Å². The van der Waals surface area contributed by atoms with Crippen molar-refractivity contribution in [3.8, 4) is 0 Å². The molecule has 2 aromatic rings. The number of nitrogens with one attached hydrogen (secondary N) is 1. The molecule has 1 amide bonds. The van der Waals surface area contributed by atoms with E-state index >= 15 is 0 Å². The van der Waals surface area contributed by atoms with Crippen molar-refractivity contribution in [3.63, 3.8) is 0 Å². The summed E-state index contributed by atoms with van der Waals surface area (Å²) in [7, 11) is 0. The second-order valence-corrected chi connectivity index (χ2v) is 3.68. The molecule has 1 atom stereocenters. The first-order valence-corrected chi connectivity index (χ1v) is 5.22. The Morgan fingerprint density at radius 2 is 2.29 bits per heavy atom. The smallest absolute Gasteiger partial charge is 0.243 e. The summed E-state index contributed by atoms with van der Waals surface area (Å²) in [5.41, 5.74) is 6.10. The average molecular weight is 231 g/mol. The van der Waals surface area contributed by atoms with E-state index in [2.05, 4.69) is 10.3 Å². The van der Waals surface area contributed by atoms with Crippen LogP contribution in [0, 0.1) is 0 Å². The number of aliphatic hydroxyl groups excluding tert-OH is 1. The van der Waals surface area contributed by atoms with Gasteiger partial charge in [-0.25, -0.2) is 0 Å². The minimum atomic E-state index is -0.910. The summed E-state index contributed by atoms with van der Waals surface area (Å²) >= 11 is 0. The van der Waals surface area contributed by atoms with Gasteiger partial charge in [-0.15, -0.1) is 0 Å². The van der Waals surface area contributed by atoms with E-state index < -0.39 is 11.9 Å². The molecule has 4 N–H and O–H groups in total. The van der Waals surface area contributed by atoms with Gasteiger partial charge in [-0.2, -0.15) is 0 Å². The van der Waals surface area contributed by atoms with Crippen LogP contribution < -0.4 is 11.1 Å². The van der Waals surface area contributed by atoms with E-state index in [0.29, 0.717) is 5.69 Å². The van der Waals surface area contributed by atoms with Crippen molar-refractivity contribution in [3.05, 3.63) is 36.7 Å². The van der Waals surface area contributed by atoms with Crippen LogP contribution in [0.15, 0.2) is 36.7 Å². The summed E-state index contributed by atoms with van der Waals surface area (Å²) in [5.74, 6) is -0.406. The summed E-state index contributed by atoms with van der Waals surface area (Å²) < 4.78 is 0. The van der Waals surface area contributed by atoms with Gasteiger partial charge in [0.1, 0.15) is 6.04 Å². The molecule has 17 heavy (non-hydrogen) atoms. The van der Waals surface area contributed by atoms with Crippen molar-refractivity contribution in [1.82, 2.24) is 4.98 Å². The quantitative estimate of drug-likeness (QED) is 0.717. The molecule has 0 aliphatic heterocycles. The van der Waals surface area contributed by atoms with E-state index in [1.54, 1.807) is 18.5 Å². The number of rotatable bonds is 3. The molecule has 0 spiro atoms. The molecule has 0 saturated carbocycles. The van der Waals surface area contributed by atoms with Crippen LogP contribution in [0.4, 0.5) is 5.69 Å². The fourth-order valence-electron chi connectivity index (χ4n) is 1.54. The normalized spacial score (nSPS) is 12.4. The highest BCUT2D eigenvalue weighted by Gasteiger charge is 2.12. The first-order valence-electron chi connectivity index (χ1n) is 5.22. The molecule has 1 heterocycles. The molecule has 5 heteroatoms. The number of amides is 1. The number of aliphatic hydroxyl groups is 1. The van der Waals surface area contributed by atoms with E-state index in [-0.39, 0.29) is 6.61 Å². The molecule has 0 aliphatic carbocycles. The van der Waals surface area contributed by atoms with Crippen LogP contribution in [0.3, 0.4) is 0 Å². The zero-order valence-electron chi connectivity index (χ0n) is 9.13. The van der Waals surface area contributed by atoms with E-state index in [1.165, 1.54) is 0 Å². The van der Waals surface area contributed by atoms with Crippen LogP contribution in [-0.2, 0) is 4.79 Å². The molecule has 1 aromatic carbocycles. The van der Waals surface area contributed by atoms with Crippen LogP contribution >= 0.6 is 0 Å². The third-order valence-electron chi connectivity index (χ3n) is 2.47. The zero-order valence-corrected chi connectivity index (χ0v) is 9.13. The minimum Gasteiger partial charge on any atom is -0.394 e. The first kappa shape index (κ1) is 11.5. The zero-order chi connectivity index (χ0) is 12.3. The number of nitrogens with two attached hydrogens (primary N) is 1. The maximum atomic E-state index is 11.6. The lowest BCUT2D eigenvalue weighted by molar-refractivity contribution is -0.118. The number of benzene rings is 1. The molecule has 0 aliphatic rings. The van der Waals surface area contributed by atoms with Crippen LogP contribution in [0.2, 0.25) is 0 Å². The Bertz CT molecular complexity index is 537. The lowest BCUT2D eigenvalue weighted by Gasteiger charge is -2.11. The number of carbonyl (C=O) groups excluding carboxylic acids is 1. The molecular formula is C12H13N3O2. The molecule has 1 aromatic heterocycles. The Kier molecular flexibility index (Phi) is 3.32. The monoisotopic (exact) mass is 231 g/mol. The number of hydrogen-bond acceptors (Lipinski definition) is 4. The molecule has 5 nitrogen and oxygen atoms in total. The summed E-state index contributed by atoms with van der Waals surface area (Å²) in [4.78, 5) is 15.6. The number of aromatic nitrogens is 1. The topological polar surface area (TPSA) is 88.2 Å². The van der Waals surface area contributed by atoms with Crippen molar-refractivity contribution in [1.29, 1.82) is 0 Å². The highest BCUT2D eigenvalue weighted by molar-refractivity contribution is 6.03. The fourth-order valence-corrected chi connectivity index (χ4v) is 1.54. The lowest BCUT2D eigenvalue weighted by Crippen LogP contribution is -2.38. The Hall–Kier alpha value is -1.98. The van der Waals surface area contributed by atoms with Crippen LogP contribution in [0.25, 0.3) is 10.8 Å². The van der Waals surface area contributed by atoms with Crippen molar-refractivity contribution < 1.29 is 9.90 Å². The predicted octanol–water partition coefficient (Wildman–Crippen LogP) is 0.493. The summed E-state index contributed by atoms with van der Waals surface area (Å²) in [5, 5.41) is 13.3. The van der Waals surface area contributed by atoms with Gasteiger partial charge in [0, 0.05) is 28.9 Å². The fraction of sp³-hybridized carbons (Fsp3) is 0.167. The molecule has 0 bridgehead atoms. The summed E-state index contributed by atoms with van der Waals surface area (Å²) in [6.45, 7) is -0.377. The second kappa shape index (κ2) is 4.90. The summed E-state index contributed by atoms with van der Waals surface area (Å²) in [6.07, 6.45) is 3.38. The van der Waals surface area contributed by atoms with Crippen molar-refractivity contribution in [2.24, 2.45) is 5.73 Å². The van der Waals surface area contributed by atoms with Crippen molar-refractivity contribution in [2.75, 3.05) is 11.9 Å². The molecule has 1 unspecified atom stereocenters. The third-order valence-corrected chi connectivity index (χ3v) is 2.47. The Morgan fingerprint density at radius 3 is 3.06 bits per heavy atom. The van der Waals surface area contributed by atoms with E-state index in [4.69, 9.17) is 10.8 Å². The van der Waals surface area contributed by atoms with Gasteiger partial charge in [0.2, 0.25) is 5.91 Å². The standard InChI is InChI=1S/C12H13N3O2/c13-10(7-16)12(17)15-11-3-1-2-8-6-14-5-4-9(8)11/h1-6,10,16H,7,13H2,(H,15,17). The Balaban J connectivity index is 2.33. The summed E-state index contributed by atoms with van der Waals surface area (Å²) in [6, 6.07) is 6.42. The van der Waals surface area contributed by atoms with E-state index in [9.17, 15) is 4.79 Å². The largest absolute Gasteiger partial charge is 0.394 e. The number of nitrogens with zero attached hydrogens (tertiary/aromatic N) is 1. The van der Waals surface area contributed by atoms with Gasteiger partial charge in [0.15, 0.2) is 0 Å². The maximum Gasteiger partial charge on any atom is 0.243 e. The van der Waals surface area contributed by atoms with Gasteiger partial charge in [0.05, 0.1) is 6.61 Å². The highest BCUT2D eigenvalue weighted by Crippen LogP contribution is 2.21. The van der Waals surface area contributed by atoms with Crippen molar-refractivity contribution >= 4 is 22.4 Å². The first-order chi connectivity index (χ1) is 8.22. The molecule has 0 saturated heterocycles. The molecule has 2 rings (SSSR count). The van der Waals surface area contributed by atoms with Gasteiger partial charge in [0.25, 0.3) is 0 Å². The van der Waals surface area contributed by atoms with E-state index in [0.717, 1.165) is 10.8 Å². The number of pyridine rings is 1. The van der Waals surface area contributed by atoms with Crippen LogP contribution in [-0.4, -0.2) is 28.6 Å². The number of fused-ring (bicyclic) bond motifs is 1. The number of hydrogen-bond donors (Lipinski definition) is 3. The molecule has 88 valence electrons. The van der Waals surface area contributed by atoms with Gasteiger partial charge in [-0.3, -0.25) is 9.78 Å². The lowest BCUT2D eigenvalue weighted by atomic mass is 10.1. The molecule has 0 radical (unpaired) electrons. The highest BCUT2D eigenvalue weighted by atomic mass is 16.3. The number of anilines is 1. The van der Waals surface area contributed by atoms with Gasteiger partial charge in [-0.05, 0) is 12.1 Å². The van der Waals surface area contributed by atoms with Crippen LogP contribution in [0.5, 0.6) is 0 Å². The minimum absolute atomic E-state index is 0.377. The average Bonchev–Trinajstić information content (AvgIpc) is 2.38. The van der Waals surface area contributed by atoms with E-state index in [1.807, 2.05) is 18.2 Å². The van der Waals surface area contributed by atoms with Crippen LogP contribution in [0.1, 0.15) is 0 Å². The Morgan fingerprint density at radius 1 is 1.47 bits per heavy atom. The second-order valence-electron chi connectivity index (χ2n) is 3.68.